The Labute approximate surface area is 116 Å². The van der Waals surface area contributed by atoms with Crippen molar-refractivity contribution in [3.8, 4) is 5.75 Å². The van der Waals surface area contributed by atoms with Gasteiger partial charge in [0.25, 0.3) is 0 Å². The molecule has 0 atom stereocenters. The van der Waals surface area contributed by atoms with E-state index in [1.54, 1.807) is 13.8 Å². The van der Waals surface area contributed by atoms with E-state index in [0.29, 0.717) is 18.4 Å². The minimum Gasteiger partial charge on any atom is -0.490 e. The molecule has 0 aliphatic carbocycles. The van der Waals surface area contributed by atoms with Crippen LogP contribution in [0.3, 0.4) is 0 Å². The van der Waals surface area contributed by atoms with E-state index in [4.69, 9.17) is 10.5 Å². The number of hydrogen-bond acceptors (Lipinski definition) is 3. The third-order valence-corrected chi connectivity index (χ3v) is 3.40. The fraction of sp³-hybridized carbons (Fsp3) is 0.571. The molecule has 1 rings (SSSR count). The van der Waals surface area contributed by atoms with Gasteiger partial charge in [0.15, 0.2) is 0 Å². The van der Waals surface area contributed by atoms with E-state index in [0.717, 1.165) is 6.07 Å². The molecular formula is C14H20F3NO2. The lowest BCUT2D eigenvalue weighted by Gasteiger charge is -2.26. The van der Waals surface area contributed by atoms with E-state index >= 15 is 0 Å². The van der Waals surface area contributed by atoms with Crippen LogP contribution in [-0.2, 0) is 12.7 Å². The van der Waals surface area contributed by atoms with Crippen molar-refractivity contribution in [3.05, 3.63) is 29.3 Å². The van der Waals surface area contributed by atoms with Crippen molar-refractivity contribution >= 4 is 0 Å². The smallest absolute Gasteiger partial charge is 0.419 e. The fourth-order valence-electron chi connectivity index (χ4n) is 1.72. The zero-order valence-corrected chi connectivity index (χ0v) is 11.6. The van der Waals surface area contributed by atoms with Gasteiger partial charge in [-0.25, -0.2) is 0 Å². The second-order valence-corrected chi connectivity index (χ2v) is 4.75. The van der Waals surface area contributed by atoms with E-state index < -0.39 is 17.3 Å². The summed E-state index contributed by atoms with van der Waals surface area (Å²) < 4.78 is 44.1. The van der Waals surface area contributed by atoms with Crippen LogP contribution >= 0.6 is 0 Å². The van der Waals surface area contributed by atoms with Crippen LogP contribution in [0.15, 0.2) is 18.2 Å². The maximum absolute atomic E-state index is 13.0. The van der Waals surface area contributed by atoms with Gasteiger partial charge in [0.1, 0.15) is 12.4 Å². The van der Waals surface area contributed by atoms with E-state index in [-0.39, 0.29) is 18.9 Å². The largest absolute Gasteiger partial charge is 0.490 e. The Morgan fingerprint density at radius 1 is 1.20 bits per heavy atom. The molecular weight excluding hydrogens is 271 g/mol. The van der Waals surface area contributed by atoms with Crippen molar-refractivity contribution in [3.63, 3.8) is 0 Å². The molecule has 0 aliphatic heterocycles. The molecule has 6 heteroatoms. The lowest BCUT2D eigenvalue weighted by atomic mass is 9.99. The molecule has 0 heterocycles. The molecule has 0 saturated heterocycles. The molecule has 0 spiro atoms. The first kappa shape index (κ1) is 16.8. The Bertz CT molecular complexity index is 443. The van der Waals surface area contributed by atoms with Crippen molar-refractivity contribution in [1.29, 1.82) is 0 Å². The van der Waals surface area contributed by atoms with E-state index in [2.05, 4.69) is 0 Å². The van der Waals surface area contributed by atoms with Gasteiger partial charge in [-0.05, 0) is 30.5 Å². The fourth-order valence-corrected chi connectivity index (χ4v) is 1.72. The Kier molecular flexibility index (Phi) is 5.42. The Morgan fingerprint density at radius 3 is 2.25 bits per heavy atom. The molecule has 1 aromatic rings. The number of aliphatic hydroxyl groups is 1. The highest BCUT2D eigenvalue weighted by molar-refractivity contribution is 5.39. The highest BCUT2D eigenvalue weighted by Gasteiger charge is 2.35. The quantitative estimate of drug-likeness (QED) is 0.847. The van der Waals surface area contributed by atoms with Gasteiger partial charge >= 0.3 is 6.18 Å². The van der Waals surface area contributed by atoms with Crippen molar-refractivity contribution in [2.24, 2.45) is 5.73 Å². The minimum atomic E-state index is -4.52. The normalized spacial score (nSPS) is 12.6. The van der Waals surface area contributed by atoms with Crippen molar-refractivity contribution in [1.82, 2.24) is 0 Å². The topological polar surface area (TPSA) is 55.5 Å². The number of nitrogens with two attached hydrogens (primary N) is 1. The molecule has 20 heavy (non-hydrogen) atoms. The molecule has 1 aromatic carbocycles. The predicted octanol–water partition coefficient (Wildman–Crippen LogP) is 3.09. The molecule has 0 fully saturated rings. The van der Waals surface area contributed by atoms with Crippen LogP contribution in [-0.4, -0.2) is 17.3 Å². The molecule has 0 amide bonds. The maximum Gasteiger partial charge on any atom is 0.419 e. The maximum atomic E-state index is 13.0. The standard InChI is InChI=1S/C14H20F3NO2/c1-3-13(19,4-2)9-20-12-6-5-10(8-18)7-11(12)14(15,16)17/h5-7,19H,3-4,8-9,18H2,1-2H3. The van der Waals surface area contributed by atoms with Gasteiger partial charge in [0.05, 0.1) is 11.2 Å². The predicted molar refractivity (Wildman–Crippen MR) is 70.4 cm³/mol. The molecule has 0 aliphatic rings. The average molecular weight is 291 g/mol. The molecule has 3 N–H and O–H groups in total. The summed E-state index contributed by atoms with van der Waals surface area (Å²) in [6.45, 7) is 3.37. The number of ether oxygens (including phenoxy) is 1. The molecule has 114 valence electrons. The number of halogens is 3. The summed E-state index contributed by atoms with van der Waals surface area (Å²) in [5.41, 5.74) is 3.75. The average Bonchev–Trinajstić information content (AvgIpc) is 2.43. The molecule has 0 unspecified atom stereocenters. The Balaban J connectivity index is 3.00. The monoisotopic (exact) mass is 291 g/mol. The van der Waals surface area contributed by atoms with E-state index in [1.807, 2.05) is 0 Å². The number of rotatable bonds is 6. The second kappa shape index (κ2) is 6.45. The summed E-state index contributed by atoms with van der Waals surface area (Å²) in [5.74, 6) is -0.282. The summed E-state index contributed by atoms with van der Waals surface area (Å²) >= 11 is 0. The zero-order valence-electron chi connectivity index (χ0n) is 11.6. The van der Waals surface area contributed by atoms with Crippen molar-refractivity contribution < 1.29 is 23.0 Å². The van der Waals surface area contributed by atoms with E-state index in [9.17, 15) is 18.3 Å². The number of alkyl halides is 3. The van der Waals surface area contributed by atoms with Gasteiger partial charge in [-0.1, -0.05) is 19.9 Å². The van der Waals surface area contributed by atoms with Gasteiger partial charge < -0.3 is 15.6 Å². The van der Waals surface area contributed by atoms with Crippen LogP contribution in [0, 0.1) is 0 Å². The summed E-state index contributed by atoms with van der Waals surface area (Å²) in [5, 5.41) is 10.1. The van der Waals surface area contributed by atoms with Gasteiger partial charge in [-0.15, -0.1) is 0 Å². The van der Waals surface area contributed by atoms with Crippen LogP contribution < -0.4 is 10.5 Å². The van der Waals surface area contributed by atoms with Crippen LogP contribution in [0.2, 0.25) is 0 Å². The molecule has 0 radical (unpaired) electrons. The third kappa shape index (κ3) is 4.11. The summed E-state index contributed by atoms with van der Waals surface area (Å²) in [6.07, 6.45) is -3.70. The lowest BCUT2D eigenvalue weighted by molar-refractivity contribution is -0.139. The van der Waals surface area contributed by atoms with Gasteiger partial charge in [-0.2, -0.15) is 13.2 Å². The van der Waals surface area contributed by atoms with Crippen LogP contribution in [0.25, 0.3) is 0 Å². The minimum absolute atomic E-state index is 0.0250. The first-order valence-electron chi connectivity index (χ1n) is 6.51. The SMILES string of the molecule is CCC(O)(CC)COc1ccc(CN)cc1C(F)(F)F. The van der Waals surface area contributed by atoms with Crippen molar-refractivity contribution in [2.75, 3.05) is 6.61 Å². The van der Waals surface area contributed by atoms with Crippen LogP contribution in [0.5, 0.6) is 5.75 Å². The second-order valence-electron chi connectivity index (χ2n) is 4.75. The molecule has 0 saturated carbocycles. The zero-order chi connectivity index (χ0) is 15.4. The third-order valence-electron chi connectivity index (χ3n) is 3.40. The van der Waals surface area contributed by atoms with Gasteiger partial charge in [-0.3, -0.25) is 0 Å². The number of hydrogen-bond donors (Lipinski definition) is 2. The lowest BCUT2D eigenvalue weighted by Crippen LogP contribution is -2.34. The van der Waals surface area contributed by atoms with Crippen LogP contribution in [0.4, 0.5) is 13.2 Å². The van der Waals surface area contributed by atoms with Gasteiger partial charge in [0, 0.05) is 6.54 Å². The first-order valence-corrected chi connectivity index (χ1v) is 6.51. The first-order chi connectivity index (χ1) is 9.25. The highest BCUT2D eigenvalue weighted by Crippen LogP contribution is 2.37. The summed E-state index contributed by atoms with van der Waals surface area (Å²) in [6, 6.07) is 3.71. The Hall–Kier alpha value is -1.27. The molecule has 3 nitrogen and oxygen atoms in total. The Morgan fingerprint density at radius 2 is 1.80 bits per heavy atom. The molecule has 0 bridgehead atoms. The summed E-state index contributed by atoms with van der Waals surface area (Å²) in [4.78, 5) is 0. The van der Waals surface area contributed by atoms with Crippen LogP contribution in [0.1, 0.15) is 37.8 Å². The number of benzene rings is 1. The summed E-state index contributed by atoms with van der Waals surface area (Å²) in [7, 11) is 0. The van der Waals surface area contributed by atoms with Gasteiger partial charge in [0.2, 0.25) is 0 Å². The molecule has 0 aromatic heterocycles. The van der Waals surface area contributed by atoms with E-state index in [1.165, 1.54) is 12.1 Å². The van der Waals surface area contributed by atoms with Crippen molar-refractivity contribution in [2.45, 2.75) is 45.0 Å². The highest BCUT2D eigenvalue weighted by atomic mass is 19.4.